The van der Waals surface area contributed by atoms with Crippen molar-refractivity contribution in [3.05, 3.63) is 24.2 Å². The summed E-state index contributed by atoms with van der Waals surface area (Å²) in [5.74, 6) is 0.881. The van der Waals surface area contributed by atoms with Crippen molar-refractivity contribution in [1.82, 2.24) is 16.0 Å². The number of hydrogen-bond acceptors (Lipinski definition) is 3. The second-order valence-electron chi connectivity index (χ2n) is 5.27. The average molecular weight is 308 g/mol. The normalized spacial score (nSPS) is 12.8. The molecular formula is C16H28N4O2. The van der Waals surface area contributed by atoms with Gasteiger partial charge in [-0.15, -0.1) is 0 Å². The van der Waals surface area contributed by atoms with Gasteiger partial charge in [-0.25, -0.2) is 0 Å². The van der Waals surface area contributed by atoms with Crippen LogP contribution in [0.2, 0.25) is 0 Å². The Morgan fingerprint density at radius 3 is 2.73 bits per heavy atom. The standard InChI is InChI=1S/C16H28N4O2/c1-4-5-6-8-13(2)20-16(17-3)19-11-10-18-15(21)14-9-7-12-22-14/h7,9,12-13H,4-6,8,10-11H2,1-3H3,(H,18,21)(H2,17,19,20). The third-order valence-corrected chi connectivity index (χ3v) is 3.30. The molecular weight excluding hydrogens is 280 g/mol. The second-order valence-corrected chi connectivity index (χ2v) is 5.27. The van der Waals surface area contributed by atoms with E-state index in [9.17, 15) is 4.79 Å². The molecule has 0 radical (unpaired) electrons. The molecule has 1 unspecified atom stereocenters. The number of amides is 1. The van der Waals surface area contributed by atoms with Crippen LogP contribution in [0.3, 0.4) is 0 Å². The minimum Gasteiger partial charge on any atom is -0.459 e. The molecule has 0 aromatic carbocycles. The van der Waals surface area contributed by atoms with E-state index in [0.29, 0.717) is 24.9 Å². The van der Waals surface area contributed by atoms with Crippen LogP contribution in [0.5, 0.6) is 0 Å². The molecule has 0 saturated heterocycles. The van der Waals surface area contributed by atoms with Crippen LogP contribution in [0.15, 0.2) is 27.8 Å². The summed E-state index contributed by atoms with van der Waals surface area (Å²) in [6, 6.07) is 3.72. The van der Waals surface area contributed by atoms with Crippen LogP contribution in [0.1, 0.15) is 50.1 Å². The summed E-state index contributed by atoms with van der Waals surface area (Å²) < 4.78 is 5.03. The molecule has 22 heavy (non-hydrogen) atoms. The van der Waals surface area contributed by atoms with E-state index in [1.807, 2.05) is 0 Å². The zero-order valence-corrected chi connectivity index (χ0v) is 13.8. The van der Waals surface area contributed by atoms with Gasteiger partial charge in [0, 0.05) is 26.2 Å². The predicted octanol–water partition coefficient (Wildman–Crippen LogP) is 2.14. The number of aliphatic imine (C=N–C) groups is 1. The van der Waals surface area contributed by atoms with Gasteiger partial charge in [0.05, 0.1) is 6.26 Å². The van der Waals surface area contributed by atoms with E-state index < -0.39 is 0 Å². The fourth-order valence-corrected chi connectivity index (χ4v) is 2.05. The highest BCUT2D eigenvalue weighted by Crippen LogP contribution is 2.02. The van der Waals surface area contributed by atoms with Gasteiger partial charge in [-0.2, -0.15) is 0 Å². The fraction of sp³-hybridized carbons (Fsp3) is 0.625. The van der Waals surface area contributed by atoms with Crippen LogP contribution < -0.4 is 16.0 Å². The molecule has 1 amide bonds. The van der Waals surface area contributed by atoms with E-state index >= 15 is 0 Å². The lowest BCUT2D eigenvalue weighted by Gasteiger charge is -2.17. The van der Waals surface area contributed by atoms with E-state index in [4.69, 9.17) is 4.42 Å². The van der Waals surface area contributed by atoms with Gasteiger partial charge in [0.15, 0.2) is 11.7 Å². The van der Waals surface area contributed by atoms with Crippen LogP contribution in [-0.2, 0) is 0 Å². The van der Waals surface area contributed by atoms with Gasteiger partial charge in [-0.3, -0.25) is 9.79 Å². The van der Waals surface area contributed by atoms with Crippen LogP contribution in [0.4, 0.5) is 0 Å². The first-order chi connectivity index (χ1) is 10.7. The maximum Gasteiger partial charge on any atom is 0.287 e. The van der Waals surface area contributed by atoms with Crippen LogP contribution in [0.25, 0.3) is 0 Å². The van der Waals surface area contributed by atoms with Gasteiger partial charge < -0.3 is 20.4 Å². The molecule has 0 fully saturated rings. The van der Waals surface area contributed by atoms with Crippen molar-refractivity contribution in [2.45, 2.75) is 45.6 Å². The Kier molecular flexibility index (Phi) is 8.79. The molecule has 1 atom stereocenters. The topological polar surface area (TPSA) is 78.7 Å². The molecule has 1 aromatic rings. The van der Waals surface area contributed by atoms with Gasteiger partial charge in [0.1, 0.15) is 0 Å². The molecule has 3 N–H and O–H groups in total. The molecule has 0 bridgehead atoms. The average Bonchev–Trinajstić information content (AvgIpc) is 3.04. The molecule has 1 heterocycles. The van der Waals surface area contributed by atoms with Crippen molar-refractivity contribution in [3.63, 3.8) is 0 Å². The highest BCUT2D eigenvalue weighted by atomic mass is 16.3. The Morgan fingerprint density at radius 2 is 2.09 bits per heavy atom. The highest BCUT2D eigenvalue weighted by Gasteiger charge is 2.07. The minimum atomic E-state index is -0.206. The Hall–Kier alpha value is -1.98. The molecule has 1 aromatic heterocycles. The smallest absolute Gasteiger partial charge is 0.287 e. The first-order valence-corrected chi connectivity index (χ1v) is 7.96. The third-order valence-electron chi connectivity index (χ3n) is 3.30. The largest absolute Gasteiger partial charge is 0.459 e. The van der Waals surface area contributed by atoms with Crippen molar-refractivity contribution in [2.75, 3.05) is 20.1 Å². The number of nitrogens with one attached hydrogen (secondary N) is 3. The summed E-state index contributed by atoms with van der Waals surface area (Å²) in [6.07, 6.45) is 6.33. The molecule has 0 saturated carbocycles. The number of carbonyl (C=O) groups is 1. The van der Waals surface area contributed by atoms with Crippen molar-refractivity contribution < 1.29 is 9.21 Å². The van der Waals surface area contributed by atoms with Gasteiger partial charge in [-0.05, 0) is 25.5 Å². The van der Waals surface area contributed by atoms with E-state index in [1.165, 1.54) is 25.5 Å². The minimum absolute atomic E-state index is 0.206. The van der Waals surface area contributed by atoms with E-state index in [1.54, 1.807) is 19.2 Å². The summed E-state index contributed by atoms with van der Waals surface area (Å²) in [5.41, 5.74) is 0. The maximum atomic E-state index is 11.7. The fourth-order valence-electron chi connectivity index (χ4n) is 2.05. The van der Waals surface area contributed by atoms with Crippen LogP contribution >= 0.6 is 0 Å². The van der Waals surface area contributed by atoms with Crippen molar-refractivity contribution in [3.8, 4) is 0 Å². The zero-order valence-electron chi connectivity index (χ0n) is 13.8. The number of carbonyl (C=O) groups excluding carboxylic acids is 1. The molecule has 124 valence electrons. The van der Waals surface area contributed by atoms with Crippen LogP contribution in [0, 0.1) is 0 Å². The molecule has 0 aliphatic rings. The number of rotatable bonds is 9. The number of furan rings is 1. The quantitative estimate of drug-likeness (QED) is 0.371. The number of guanidine groups is 1. The molecule has 0 aliphatic carbocycles. The van der Waals surface area contributed by atoms with Gasteiger partial charge >= 0.3 is 0 Å². The van der Waals surface area contributed by atoms with Crippen molar-refractivity contribution in [1.29, 1.82) is 0 Å². The van der Waals surface area contributed by atoms with E-state index in [2.05, 4.69) is 34.8 Å². The maximum absolute atomic E-state index is 11.7. The third kappa shape index (κ3) is 7.15. The lowest BCUT2D eigenvalue weighted by atomic mass is 10.1. The van der Waals surface area contributed by atoms with E-state index in [-0.39, 0.29) is 5.91 Å². The molecule has 0 spiro atoms. The van der Waals surface area contributed by atoms with Crippen molar-refractivity contribution >= 4 is 11.9 Å². The summed E-state index contributed by atoms with van der Waals surface area (Å²) in [7, 11) is 1.75. The zero-order chi connectivity index (χ0) is 16.2. The Labute approximate surface area is 132 Å². The highest BCUT2D eigenvalue weighted by molar-refractivity contribution is 5.91. The summed E-state index contributed by atoms with van der Waals surface area (Å²) in [5, 5.41) is 9.32. The summed E-state index contributed by atoms with van der Waals surface area (Å²) in [6.45, 7) is 5.47. The monoisotopic (exact) mass is 308 g/mol. The summed E-state index contributed by atoms with van der Waals surface area (Å²) >= 11 is 0. The summed E-state index contributed by atoms with van der Waals surface area (Å²) in [4.78, 5) is 15.9. The van der Waals surface area contributed by atoms with Gasteiger partial charge in [-0.1, -0.05) is 26.2 Å². The first-order valence-electron chi connectivity index (χ1n) is 7.96. The molecule has 0 aliphatic heterocycles. The lowest BCUT2D eigenvalue weighted by Crippen LogP contribution is -2.44. The Balaban J connectivity index is 2.17. The van der Waals surface area contributed by atoms with Crippen LogP contribution in [-0.4, -0.2) is 38.0 Å². The Morgan fingerprint density at radius 1 is 1.32 bits per heavy atom. The van der Waals surface area contributed by atoms with E-state index in [0.717, 1.165) is 12.4 Å². The lowest BCUT2D eigenvalue weighted by molar-refractivity contribution is 0.0926. The first kappa shape index (κ1) is 18.1. The molecule has 6 heteroatoms. The molecule has 1 rings (SSSR count). The number of hydrogen-bond donors (Lipinski definition) is 3. The Bertz CT molecular complexity index is 443. The number of nitrogens with zero attached hydrogens (tertiary/aromatic N) is 1. The predicted molar refractivity (Wildman–Crippen MR) is 89.1 cm³/mol. The second kappa shape index (κ2) is 10.7. The van der Waals surface area contributed by atoms with Gasteiger partial charge in [0.2, 0.25) is 0 Å². The van der Waals surface area contributed by atoms with Crippen molar-refractivity contribution in [2.24, 2.45) is 4.99 Å². The number of unbranched alkanes of at least 4 members (excludes halogenated alkanes) is 2. The van der Waals surface area contributed by atoms with Gasteiger partial charge in [0.25, 0.3) is 5.91 Å². The SMILES string of the molecule is CCCCCC(C)NC(=NC)NCCNC(=O)c1ccco1. The molecule has 6 nitrogen and oxygen atoms in total.